The van der Waals surface area contributed by atoms with Crippen molar-refractivity contribution >= 4 is 5.69 Å². The monoisotopic (exact) mass is 234 g/mol. The molecule has 0 saturated carbocycles. The zero-order chi connectivity index (χ0) is 12.3. The molecule has 0 aliphatic rings. The van der Waals surface area contributed by atoms with Gasteiger partial charge in [-0.15, -0.1) is 0 Å². The van der Waals surface area contributed by atoms with Gasteiger partial charge < -0.3 is 5.32 Å². The lowest BCUT2D eigenvalue weighted by molar-refractivity contribution is 0.511. The second-order valence-electron chi connectivity index (χ2n) is 3.73. The Morgan fingerprint density at radius 1 is 1.12 bits per heavy atom. The standard InChI is InChI=1S/C13H12F2N2/c1-9-4-2-5-10(17-9)8-16-12-7-3-6-11(14)13(12)15/h2-7,16H,8H2,1H3. The molecule has 2 nitrogen and oxygen atoms in total. The summed E-state index contributed by atoms with van der Waals surface area (Å²) < 4.78 is 26.3. The maximum absolute atomic E-state index is 13.3. The van der Waals surface area contributed by atoms with Gasteiger partial charge >= 0.3 is 0 Å². The number of hydrogen-bond acceptors (Lipinski definition) is 2. The Balaban J connectivity index is 2.10. The molecule has 0 amide bonds. The molecule has 1 heterocycles. The Labute approximate surface area is 98.3 Å². The predicted octanol–water partition coefficient (Wildman–Crippen LogP) is 3.28. The van der Waals surface area contributed by atoms with Crippen LogP contribution in [0.4, 0.5) is 14.5 Å². The van der Waals surface area contributed by atoms with Crippen LogP contribution < -0.4 is 5.32 Å². The highest BCUT2D eigenvalue weighted by molar-refractivity contribution is 5.45. The second kappa shape index (κ2) is 4.91. The summed E-state index contributed by atoms with van der Waals surface area (Å²) >= 11 is 0. The molecule has 0 fully saturated rings. The van der Waals surface area contributed by atoms with Crippen molar-refractivity contribution in [3.63, 3.8) is 0 Å². The van der Waals surface area contributed by atoms with Crippen LogP contribution in [0, 0.1) is 18.6 Å². The van der Waals surface area contributed by atoms with Crippen LogP contribution in [-0.4, -0.2) is 4.98 Å². The van der Waals surface area contributed by atoms with Crippen molar-refractivity contribution in [1.29, 1.82) is 0 Å². The summed E-state index contributed by atoms with van der Waals surface area (Å²) in [4.78, 5) is 4.26. The lowest BCUT2D eigenvalue weighted by Gasteiger charge is -2.07. The molecule has 4 heteroatoms. The average molecular weight is 234 g/mol. The third-order valence-electron chi connectivity index (χ3n) is 2.36. The second-order valence-corrected chi connectivity index (χ2v) is 3.73. The van der Waals surface area contributed by atoms with Gasteiger partial charge in [-0.3, -0.25) is 4.98 Å². The summed E-state index contributed by atoms with van der Waals surface area (Å²) in [6.07, 6.45) is 0. The van der Waals surface area contributed by atoms with Gasteiger partial charge in [0.2, 0.25) is 0 Å². The fourth-order valence-corrected chi connectivity index (χ4v) is 1.52. The fourth-order valence-electron chi connectivity index (χ4n) is 1.52. The maximum atomic E-state index is 13.3. The third-order valence-corrected chi connectivity index (χ3v) is 2.36. The molecule has 0 spiro atoms. The number of pyridine rings is 1. The highest BCUT2D eigenvalue weighted by Gasteiger charge is 2.06. The highest BCUT2D eigenvalue weighted by atomic mass is 19.2. The number of rotatable bonds is 3. The van der Waals surface area contributed by atoms with Gasteiger partial charge in [-0.05, 0) is 31.2 Å². The molecule has 0 aliphatic carbocycles. The van der Waals surface area contributed by atoms with Crippen LogP contribution in [0.15, 0.2) is 36.4 Å². The van der Waals surface area contributed by atoms with Gasteiger partial charge in [0.15, 0.2) is 11.6 Å². The molecule has 1 N–H and O–H groups in total. The molecule has 88 valence electrons. The van der Waals surface area contributed by atoms with Crippen LogP contribution in [0.25, 0.3) is 0 Å². The molecule has 2 rings (SSSR count). The lowest BCUT2D eigenvalue weighted by atomic mass is 10.2. The van der Waals surface area contributed by atoms with Crippen LogP contribution in [0.3, 0.4) is 0 Å². The van der Waals surface area contributed by atoms with E-state index in [0.717, 1.165) is 17.5 Å². The van der Waals surface area contributed by atoms with Crippen LogP contribution in [-0.2, 0) is 6.54 Å². The largest absolute Gasteiger partial charge is 0.377 e. The van der Waals surface area contributed by atoms with Crippen LogP contribution in [0.2, 0.25) is 0 Å². The van der Waals surface area contributed by atoms with Crippen LogP contribution >= 0.6 is 0 Å². The van der Waals surface area contributed by atoms with E-state index in [4.69, 9.17) is 0 Å². The highest BCUT2D eigenvalue weighted by Crippen LogP contribution is 2.17. The number of nitrogens with one attached hydrogen (secondary N) is 1. The molecule has 0 unspecified atom stereocenters. The van der Waals surface area contributed by atoms with Gasteiger partial charge in [-0.1, -0.05) is 12.1 Å². The molecule has 0 bridgehead atoms. The van der Waals surface area contributed by atoms with Gasteiger partial charge in [0.05, 0.1) is 17.9 Å². The van der Waals surface area contributed by atoms with Crippen molar-refractivity contribution in [2.45, 2.75) is 13.5 Å². The number of hydrogen-bond donors (Lipinski definition) is 1. The van der Waals surface area contributed by atoms with E-state index in [2.05, 4.69) is 10.3 Å². The van der Waals surface area contributed by atoms with Crippen molar-refractivity contribution in [2.75, 3.05) is 5.32 Å². The lowest BCUT2D eigenvalue weighted by Crippen LogP contribution is -2.04. The number of benzene rings is 1. The van der Waals surface area contributed by atoms with E-state index < -0.39 is 11.6 Å². The predicted molar refractivity (Wildman–Crippen MR) is 62.7 cm³/mol. The molecular formula is C13H12F2N2. The summed E-state index contributed by atoms with van der Waals surface area (Å²) in [5.74, 6) is -1.72. The van der Waals surface area contributed by atoms with E-state index in [1.54, 1.807) is 0 Å². The molecule has 0 saturated heterocycles. The topological polar surface area (TPSA) is 24.9 Å². The molecule has 0 radical (unpaired) electrons. The first kappa shape index (κ1) is 11.5. The Morgan fingerprint density at radius 3 is 2.65 bits per heavy atom. The van der Waals surface area contributed by atoms with Gasteiger partial charge in [0.1, 0.15) is 0 Å². The number of anilines is 1. The summed E-state index contributed by atoms with van der Waals surface area (Å²) in [5, 5.41) is 2.82. The molecular weight excluding hydrogens is 222 g/mol. The van der Waals surface area contributed by atoms with Crippen molar-refractivity contribution in [3.05, 3.63) is 59.4 Å². The van der Waals surface area contributed by atoms with Gasteiger partial charge in [-0.2, -0.15) is 0 Å². The SMILES string of the molecule is Cc1cccc(CNc2cccc(F)c2F)n1. The normalized spacial score (nSPS) is 10.3. The third kappa shape index (κ3) is 2.78. The summed E-state index contributed by atoms with van der Waals surface area (Å²) in [5.41, 5.74) is 1.82. The summed E-state index contributed by atoms with van der Waals surface area (Å²) in [6, 6.07) is 9.63. The van der Waals surface area contributed by atoms with Crippen molar-refractivity contribution in [3.8, 4) is 0 Å². The zero-order valence-electron chi connectivity index (χ0n) is 9.37. The van der Waals surface area contributed by atoms with Crippen LogP contribution in [0.1, 0.15) is 11.4 Å². The Hall–Kier alpha value is -1.97. The molecule has 2 aromatic rings. The quantitative estimate of drug-likeness (QED) is 0.881. The number of nitrogens with zero attached hydrogens (tertiary/aromatic N) is 1. The minimum Gasteiger partial charge on any atom is -0.377 e. The molecule has 1 aromatic carbocycles. The van der Waals surface area contributed by atoms with Gasteiger partial charge in [0.25, 0.3) is 0 Å². The van der Waals surface area contributed by atoms with Crippen molar-refractivity contribution < 1.29 is 8.78 Å². The van der Waals surface area contributed by atoms with E-state index in [0.29, 0.717) is 6.54 Å². The van der Waals surface area contributed by atoms with Crippen molar-refractivity contribution in [1.82, 2.24) is 4.98 Å². The first-order chi connectivity index (χ1) is 8.16. The van der Waals surface area contributed by atoms with E-state index in [1.165, 1.54) is 12.1 Å². The average Bonchev–Trinajstić information content (AvgIpc) is 2.31. The Bertz CT molecular complexity index is 527. The van der Waals surface area contributed by atoms with Gasteiger partial charge in [0, 0.05) is 5.69 Å². The zero-order valence-corrected chi connectivity index (χ0v) is 9.37. The maximum Gasteiger partial charge on any atom is 0.181 e. The summed E-state index contributed by atoms with van der Waals surface area (Å²) in [6.45, 7) is 2.24. The van der Waals surface area contributed by atoms with Crippen molar-refractivity contribution in [2.24, 2.45) is 0 Å². The van der Waals surface area contributed by atoms with E-state index in [1.807, 2.05) is 25.1 Å². The molecule has 1 aromatic heterocycles. The van der Waals surface area contributed by atoms with E-state index >= 15 is 0 Å². The van der Waals surface area contributed by atoms with E-state index in [-0.39, 0.29) is 5.69 Å². The smallest absolute Gasteiger partial charge is 0.181 e. The van der Waals surface area contributed by atoms with Gasteiger partial charge in [-0.25, -0.2) is 8.78 Å². The minimum absolute atomic E-state index is 0.147. The molecule has 0 atom stereocenters. The molecule has 17 heavy (non-hydrogen) atoms. The molecule has 0 aliphatic heterocycles. The Kier molecular flexibility index (Phi) is 3.32. The fraction of sp³-hybridized carbons (Fsp3) is 0.154. The van der Waals surface area contributed by atoms with Crippen LogP contribution in [0.5, 0.6) is 0 Å². The number of aryl methyl sites for hydroxylation is 1. The Morgan fingerprint density at radius 2 is 1.88 bits per heavy atom. The first-order valence-corrected chi connectivity index (χ1v) is 5.27. The number of halogens is 2. The first-order valence-electron chi connectivity index (χ1n) is 5.27. The number of aromatic nitrogens is 1. The van der Waals surface area contributed by atoms with E-state index in [9.17, 15) is 8.78 Å². The summed E-state index contributed by atoms with van der Waals surface area (Å²) in [7, 11) is 0. The minimum atomic E-state index is -0.861.